The fraction of sp³-hybridized carbons (Fsp3) is 0.200. The Morgan fingerprint density at radius 2 is 2.15 bits per heavy atom. The number of anilines is 1. The number of carbonyl (C=O) groups is 1. The standard InChI is InChI=1S/C15H17N3O2/c1-16-10-14(19)11-5-4-6-12(9-11)18-15(20)13-7-2-3-8-17-13/h2-9,14,16,19H,10H2,1H3,(H,18,20). The van der Waals surface area contributed by atoms with Gasteiger partial charge in [-0.25, -0.2) is 0 Å². The van der Waals surface area contributed by atoms with Gasteiger partial charge in [-0.15, -0.1) is 0 Å². The zero-order valence-corrected chi connectivity index (χ0v) is 11.2. The lowest BCUT2D eigenvalue weighted by molar-refractivity contribution is 0.102. The van der Waals surface area contributed by atoms with Crippen LogP contribution in [0.3, 0.4) is 0 Å². The van der Waals surface area contributed by atoms with Crippen molar-refractivity contribution in [1.29, 1.82) is 0 Å². The lowest BCUT2D eigenvalue weighted by atomic mass is 10.1. The lowest BCUT2D eigenvalue weighted by Crippen LogP contribution is -2.17. The van der Waals surface area contributed by atoms with Crippen molar-refractivity contribution in [2.75, 3.05) is 18.9 Å². The van der Waals surface area contributed by atoms with Crippen molar-refractivity contribution >= 4 is 11.6 Å². The molecular formula is C15H17N3O2. The van der Waals surface area contributed by atoms with Crippen LogP contribution >= 0.6 is 0 Å². The van der Waals surface area contributed by atoms with Crippen LogP contribution < -0.4 is 10.6 Å². The molecule has 0 aliphatic carbocycles. The van der Waals surface area contributed by atoms with Crippen molar-refractivity contribution in [2.24, 2.45) is 0 Å². The number of aromatic nitrogens is 1. The molecule has 5 heteroatoms. The van der Waals surface area contributed by atoms with E-state index in [0.29, 0.717) is 17.9 Å². The minimum Gasteiger partial charge on any atom is -0.387 e. The Morgan fingerprint density at radius 3 is 2.85 bits per heavy atom. The first-order chi connectivity index (χ1) is 9.70. The van der Waals surface area contributed by atoms with Gasteiger partial charge in [0.05, 0.1) is 6.10 Å². The van der Waals surface area contributed by atoms with Crippen LogP contribution in [0.15, 0.2) is 48.7 Å². The summed E-state index contributed by atoms with van der Waals surface area (Å²) in [5.41, 5.74) is 1.74. The highest BCUT2D eigenvalue weighted by Crippen LogP contribution is 2.17. The van der Waals surface area contributed by atoms with Crippen LogP contribution in [-0.4, -0.2) is 29.6 Å². The Labute approximate surface area is 117 Å². The number of benzene rings is 1. The van der Waals surface area contributed by atoms with Gasteiger partial charge in [0.15, 0.2) is 0 Å². The molecule has 0 saturated carbocycles. The zero-order valence-electron chi connectivity index (χ0n) is 11.2. The number of hydrogen-bond donors (Lipinski definition) is 3. The third-order valence-corrected chi connectivity index (χ3v) is 2.82. The molecule has 1 atom stereocenters. The summed E-state index contributed by atoms with van der Waals surface area (Å²) in [6.07, 6.45) is 0.967. The van der Waals surface area contributed by atoms with Gasteiger partial charge >= 0.3 is 0 Å². The molecule has 0 aliphatic heterocycles. The second kappa shape index (κ2) is 6.79. The van der Waals surface area contributed by atoms with Crippen LogP contribution in [0.2, 0.25) is 0 Å². The summed E-state index contributed by atoms with van der Waals surface area (Å²) in [6.45, 7) is 0.456. The van der Waals surface area contributed by atoms with Gasteiger partial charge in [-0.05, 0) is 36.9 Å². The first-order valence-electron chi connectivity index (χ1n) is 6.35. The maximum absolute atomic E-state index is 12.0. The average Bonchev–Trinajstić information content (AvgIpc) is 2.48. The van der Waals surface area contributed by atoms with E-state index < -0.39 is 6.10 Å². The SMILES string of the molecule is CNCC(O)c1cccc(NC(=O)c2ccccn2)c1. The third-order valence-electron chi connectivity index (χ3n) is 2.82. The number of hydrogen-bond acceptors (Lipinski definition) is 4. The first kappa shape index (κ1) is 14.2. The monoisotopic (exact) mass is 271 g/mol. The smallest absolute Gasteiger partial charge is 0.274 e. The normalized spacial score (nSPS) is 11.9. The highest BCUT2D eigenvalue weighted by atomic mass is 16.3. The summed E-state index contributed by atoms with van der Waals surface area (Å²) >= 11 is 0. The van der Waals surface area contributed by atoms with E-state index in [1.54, 1.807) is 49.6 Å². The molecule has 5 nitrogen and oxygen atoms in total. The van der Waals surface area contributed by atoms with E-state index in [-0.39, 0.29) is 5.91 Å². The molecule has 0 spiro atoms. The molecular weight excluding hydrogens is 254 g/mol. The zero-order chi connectivity index (χ0) is 14.4. The highest BCUT2D eigenvalue weighted by molar-refractivity contribution is 6.02. The van der Waals surface area contributed by atoms with E-state index in [0.717, 1.165) is 5.56 Å². The van der Waals surface area contributed by atoms with Crippen LogP contribution in [0.1, 0.15) is 22.2 Å². The number of likely N-dealkylation sites (N-methyl/N-ethyl adjacent to an activating group) is 1. The van der Waals surface area contributed by atoms with Gasteiger partial charge in [0, 0.05) is 18.4 Å². The molecule has 1 amide bonds. The van der Waals surface area contributed by atoms with Gasteiger partial charge in [-0.3, -0.25) is 9.78 Å². The highest BCUT2D eigenvalue weighted by Gasteiger charge is 2.09. The number of nitrogens with one attached hydrogen (secondary N) is 2. The quantitative estimate of drug-likeness (QED) is 0.772. The van der Waals surface area contributed by atoms with Crippen LogP contribution in [0.5, 0.6) is 0 Å². The molecule has 1 heterocycles. The summed E-state index contributed by atoms with van der Waals surface area (Å²) in [7, 11) is 1.77. The number of aliphatic hydroxyl groups excluding tert-OH is 1. The number of nitrogens with zero attached hydrogens (tertiary/aromatic N) is 1. The molecule has 2 rings (SSSR count). The Bertz CT molecular complexity index is 572. The van der Waals surface area contributed by atoms with Crippen LogP contribution in [0.25, 0.3) is 0 Å². The molecule has 1 aromatic heterocycles. The van der Waals surface area contributed by atoms with Crippen LogP contribution in [-0.2, 0) is 0 Å². The van der Waals surface area contributed by atoms with Crippen molar-refractivity contribution in [2.45, 2.75) is 6.10 Å². The van der Waals surface area contributed by atoms with Crippen LogP contribution in [0.4, 0.5) is 5.69 Å². The van der Waals surface area contributed by atoms with E-state index in [9.17, 15) is 9.90 Å². The average molecular weight is 271 g/mol. The predicted molar refractivity (Wildman–Crippen MR) is 77.5 cm³/mol. The molecule has 0 fully saturated rings. The molecule has 20 heavy (non-hydrogen) atoms. The molecule has 0 aliphatic rings. The van der Waals surface area contributed by atoms with E-state index >= 15 is 0 Å². The number of amides is 1. The summed E-state index contributed by atoms with van der Waals surface area (Å²) in [4.78, 5) is 16.0. The summed E-state index contributed by atoms with van der Waals surface area (Å²) in [6, 6.07) is 12.3. The Balaban J connectivity index is 2.10. The minimum absolute atomic E-state index is 0.272. The van der Waals surface area contributed by atoms with Gasteiger partial charge in [0.25, 0.3) is 5.91 Å². The number of pyridine rings is 1. The Morgan fingerprint density at radius 1 is 1.30 bits per heavy atom. The number of carbonyl (C=O) groups excluding carboxylic acids is 1. The van der Waals surface area contributed by atoms with Gasteiger partial charge in [-0.2, -0.15) is 0 Å². The predicted octanol–water partition coefficient (Wildman–Crippen LogP) is 1.59. The Hall–Kier alpha value is -2.24. The van der Waals surface area contributed by atoms with E-state index in [1.165, 1.54) is 0 Å². The third kappa shape index (κ3) is 3.63. The second-order valence-electron chi connectivity index (χ2n) is 4.37. The summed E-state index contributed by atoms with van der Waals surface area (Å²) < 4.78 is 0. The summed E-state index contributed by atoms with van der Waals surface area (Å²) in [5, 5.41) is 15.6. The number of aliphatic hydroxyl groups is 1. The fourth-order valence-corrected chi connectivity index (χ4v) is 1.83. The lowest BCUT2D eigenvalue weighted by Gasteiger charge is -2.12. The molecule has 0 radical (unpaired) electrons. The van der Waals surface area contributed by atoms with Gasteiger partial charge in [-0.1, -0.05) is 18.2 Å². The molecule has 3 N–H and O–H groups in total. The van der Waals surface area contributed by atoms with Crippen molar-refractivity contribution < 1.29 is 9.90 Å². The fourth-order valence-electron chi connectivity index (χ4n) is 1.83. The summed E-state index contributed by atoms with van der Waals surface area (Å²) in [5.74, 6) is -0.272. The maximum atomic E-state index is 12.0. The van der Waals surface area contributed by atoms with E-state index in [4.69, 9.17) is 0 Å². The Kier molecular flexibility index (Phi) is 4.81. The van der Waals surface area contributed by atoms with Crippen molar-refractivity contribution in [1.82, 2.24) is 10.3 Å². The topological polar surface area (TPSA) is 74.2 Å². The maximum Gasteiger partial charge on any atom is 0.274 e. The molecule has 1 unspecified atom stereocenters. The van der Waals surface area contributed by atoms with Gasteiger partial charge < -0.3 is 15.7 Å². The molecule has 0 bridgehead atoms. The largest absolute Gasteiger partial charge is 0.387 e. The molecule has 1 aromatic carbocycles. The first-order valence-corrected chi connectivity index (χ1v) is 6.35. The van der Waals surface area contributed by atoms with Crippen LogP contribution in [0, 0.1) is 0 Å². The second-order valence-corrected chi connectivity index (χ2v) is 4.37. The van der Waals surface area contributed by atoms with Gasteiger partial charge in [0.2, 0.25) is 0 Å². The van der Waals surface area contributed by atoms with Gasteiger partial charge in [0.1, 0.15) is 5.69 Å². The van der Waals surface area contributed by atoms with Crippen molar-refractivity contribution in [3.8, 4) is 0 Å². The van der Waals surface area contributed by atoms with Crippen molar-refractivity contribution in [3.05, 3.63) is 59.9 Å². The van der Waals surface area contributed by atoms with Crippen molar-refractivity contribution in [3.63, 3.8) is 0 Å². The van der Waals surface area contributed by atoms with E-state index in [1.807, 2.05) is 6.07 Å². The van der Waals surface area contributed by atoms with E-state index in [2.05, 4.69) is 15.6 Å². The minimum atomic E-state index is -0.605. The molecule has 0 saturated heterocycles. The molecule has 104 valence electrons. The molecule has 2 aromatic rings. The number of rotatable bonds is 5.